The smallest absolute Gasteiger partial charge is 0.275 e. The number of carbonyl (C=O) groups is 2. The molecular weight excluding hydrogens is 394 g/mol. The molecule has 30 heavy (non-hydrogen) atoms. The highest BCUT2D eigenvalue weighted by atomic mass is 32.1. The van der Waals surface area contributed by atoms with Crippen LogP contribution < -0.4 is 15.5 Å². The third-order valence-corrected chi connectivity index (χ3v) is 8.06. The molecule has 158 valence electrons. The van der Waals surface area contributed by atoms with Gasteiger partial charge in [-0.05, 0) is 100 Å². The SMILES string of the molecule is CC1=C(NC(=S)NC(=O)C23CC4CC(CC(C4)C2)C3)C(=O)N(c2ccccc2)C1C. The van der Waals surface area contributed by atoms with Crippen molar-refractivity contribution in [3.8, 4) is 0 Å². The minimum absolute atomic E-state index is 0.0516. The van der Waals surface area contributed by atoms with Crippen LogP contribution in [-0.2, 0) is 9.59 Å². The van der Waals surface area contributed by atoms with Gasteiger partial charge in [-0.1, -0.05) is 18.2 Å². The monoisotopic (exact) mass is 423 g/mol. The fraction of sp³-hybridized carbons (Fsp3) is 0.542. The van der Waals surface area contributed by atoms with Crippen molar-refractivity contribution in [3.05, 3.63) is 41.6 Å². The van der Waals surface area contributed by atoms with Crippen LogP contribution >= 0.6 is 12.2 Å². The molecule has 0 saturated heterocycles. The lowest BCUT2D eigenvalue weighted by molar-refractivity contribution is -0.144. The van der Waals surface area contributed by atoms with E-state index >= 15 is 0 Å². The highest BCUT2D eigenvalue weighted by Crippen LogP contribution is 2.60. The van der Waals surface area contributed by atoms with Gasteiger partial charge in [-0.2, -0.15) is 0 Å². The van der Waals surface area contributed by atoms with Crippen LogP contribution in [-0.4, -0.2) is 23.0 Å². The molecular formula is C24H29N3O2S. The summed E-state index contributed by atoms with van der Waals surface area (Å²) in [6.45, 7) is 3.95. The zero-order valence-corrected chi connectivity index (χ0v) is 18.4. The van der Waals surface area contributed by atoms with E-state index in [0.29, 0.717) is 23.5 Å². The lowest BCUT2D eigenvalue weighted by Crippen LogP contribution is -2.55. The fourth-order valence-electron chi connectivity index (χ4n) is 6.72. The van der Waals surface area contributed by atoms with Gasteiger partial charge < -0.3 is 15.5 Å². The van der Waals surface area contributed by atoms with Crippen molar-refractivity contribution in [1.82, 2.24) is 10.6 Å². The standard InChI is InChI=1S/C24H29N3O2S/c1-14-15(2)27(19-6-4-3-5-7-19)21(28)20(14)25-23(30)26-22(29)24-11-16-8-17(12-24)10-18(9-16)13-24/h3-7,15-18H,8-13H2,1-2H3,(H2,25,26,29,30). The molecule has 0 spiro atoms. The van der Waals surface area contributed by atoms with Crippen LogP contribution in [0.3, 0.4) is 0 Å². The Hall–Kier alpha value is -2.21. The van der Waals surface area contributed by atoms with E-state index in [4.69, 9.17) is 12.2 Å². The molecule has 1 unspecified atom stereocenters. The van der Waals surface area contributed by atoms with Crippen LogP contribution in [0, 0.1) is 23.2 Å². The van der Waals surface area contributed by atoms with Gasteiger partial charge in [0, 0.05) is 5.69 Å². The molecule has 1 aliphatic heterocycles. The first-order chi connectivity index (χ1) is 14.4. The molecule has 2 N–H and O–H groups in total. The number of para-hydroxylation sites is 1. The summed E-state index contributed by atoms with van der Waals surface area (Å²) in [5.74, 6) is 2.04. The summed E-state index contributed by atoms with van der Waals surface area (Å²) in [5, 5.41) is 6.25. The van der Waals surface area contributed by atoms with Crippen LogP contribution in [0.1, 0.15) is 52.4 Å². The Morgan fingerprint density at radius 1 is 1.07 bits per heavy atom. The van der Waals surface area contributed by atoms with Gasteiger partial charge in [0.25, 0.3) is 5.91 Å². The van der Waals surface area contributed by atoms with Crippen molar-refractivity contribution >= 4 is 34.8 Å². The summed E-state index contributed by atoms with van der Waals surface area (Å²) in [6.07, 6.45) is 6.86. The molecule has 2 amide bonds. The molecule has 6 heteroatoms. The van der Waals surface area contributed by atoms with E-state index in [-0.39, 0.29) is 28.4 Å². The van der Waals surface area contributed by atoms with E-state index in [1.54, 1.807) is 4.90 Å². The quantitative estimate of drug-likeness (QED) is 0.724. The highest BCUT2D eigenvalue weighted by Gasteiger charge is 2.54. The van der Waals surface area contributed by atoms with E-state index in [1.165, 1.54) is 19.3 Å². The van der Waals surface area contributed by atoms with E-state index in [0.717, 1.165) is 30.5 Å². The topological polar surface area (TPSA) is 61.4 Å². The maximum absolute atomic E-state index is 13.2. The molecule has 4 bridgehead atoms. The fourth-order valence-corrected chi connectivity index (χ4v) is 6.91. The molecule has 1 atom stereocenters. The number of carbonyl (C=O) groups excluding carboxylic acids is 2. The maximum Gasteiger partial charge on any atom is 0.275 e. The van der Waals surface area contributed by atoms with Gasteiger partial charge in [0.05, 0.1) is 11.5 Å². The number of hydrogen-bond donors (Lipinski definition) is 2. The molecule has 4 saturated carbocycles. The average Bonchev–Trinajstić information content (AvgIpc) is 2.91. The van der Waals surface area contributed by atoms with Crippen LogP contribution in [0.15, 0.2) is 41.6 Å². The van der Waals surface area contributed by atoms with Crippen LogP contribution in [0.4, 0.5) is 5.69 Å². The Bertz CT molecular complexity index is 904. The number of nitrogens with one attached hydrogen (secondary N) is 2. The zero-order chi connectivity index (χ0) is 21.0. The second-order valence-corrected chi connectivity index (χ2v) is 10.3. The van der Waals surface area contributed by atoms with Crippen molar-refractivity contribution in [2.45, 2.75) is 58.4 Å². The third-order valence-electron chi connectivity index (χ3n) is 7.86. The Morgan fingerprint density at radius 2 is 1.63 bits per heavy atom. The Morgan fingerprint density at radius 3 is 2.20 bits per heavy atom. The molecule has 0 aromatic heterocycles. The summed E-state index contributed by atoms with van der Waals surface area (Å²) in [7, 11) is 0. The second-order valence-electron chi connectivity index (χ2n) is 9.85. The Labute approximate surface area is 183 Å². The minimum Gasteiger partial charge on any atom is -0.328 e. The van der Waals surface area contributed by atoms with Gasteiger partial charge in [0.15, 0.2) is 5.11 Å². The minimum atomic E-state index is -0.257. The van der Waals surface area contributed by atoms with Gasteiger partial charge >= 0.3 is 0 Å². The highest BCUT2D eigenvalue weighted by molar-refractivity contribution is 7.80. The lowest BCUT2D eigenvalue weighted by atomic mass is 9.49. The van der Waals surface area contributed by atoms with Gasteiger partial charge in [-0.25, -0.2) is 0 Å². The molecule has 5 aliphatic rings. The van der Waals surface area contributed by atoms with E-state index in [2.05, 4.69) is 10.6 Å². The lowest BCUT2D eigenvalue weighted by Gasteiger charge is -2.55. The van der Waals surface area contributed by atoms with E-state index < -0.39 is 0 Å². The molecule has 6 rings (SSSR count). The van der Waals surface area contributed by atoms with Gasteiger partial charge in [-0.3, -0.25) is 9.59 Å². The van der Waals surface area contributed by atoms with Crippen molar-refractivity contribution in [3.63, 3.8) is 0 Å². The van der Waals surface area contributed by atoms with E-state index in [9.17, 15) is 9.59 Å². The van der Waals surface area contributed by atoms with Crippen LogP contribution in [0.25, 0.3) is 0 Å². The Kier molecular flexibility index (Phi) is 4.73. The van der Waals surface area contributed by atoms with Crippen molar-refractivity contribution in [2.75, 3.05) is 4.90 Å². The molecule has 0 radical (unpaired) electrons. The summed E-state index contributed by atoms with van der Waals surface area (Å²) < 4.78 is 0. The summed E-state index contributed by atoms with van der Waals surface area (Å²) in [6, 6.07) is 9.57. The predicted molar refractivity (Wildman–Crippen MR) is 121 cm³/mol. The first kappa shape index (κ1) is 19.7. The number of amides is 2. The maximum atomic E-state index is 13.2. The predicted octanol–water partition coefficient (Wildman–Crippen LogP) is 3.90. The average molecular weight is 424 g/mol. The number of benzene rings is 1. The number of nitrogens with zero attached hydrogens (tertiary/aromatic N) is 1. The van der Waals surface area contributed by atoms with Crippen molar-refractivity contribution < 1.29 is 9.59 Å². The number of rotatable bonds is 3. The van der Waals surface area contributed by atoms with Gasteiger partial charge in [0.1, 0.15) is 5.70 Å². The first-order valence-corrected chi connectivity index (χ1v) is 11.5. The molecule has 4 aliphatic carbocycles. The first-order valence-electron chi connectivity index (χ1n) is 11.1. The Balaban J connectivity index is 1.28. The van der Waals surface area contributed by atoms with Crippen molar-refractivity contribution in [2.24, 2.45) is 23.2 Å². The number of anilines is 1. The third kappa shape index (κ3) is 3.16. The molecule has 1 aromatic rings. The summed E-state index contributed by atoms with van der Waals surface area (Å²) >= 11 is 5.47. The molecule has 5 nitrogen and oxygen atoms in total. The van der Waals surface area contributed by atoms with Gasteiger partial charge in [0.2, 0.25) is 5.91 Å². The normalized spacial score (nSPS) is 34.5. The van der Waals surface area contributed by atoms with E-state index in [1.807, 2.05) is 44.2 Å². The number of hydrogen-bond acceptors (Lipinski definition) is 3. The largest absolute Gasteiger partial charge is 0.328 e. The zero-order valence-electron chi connectivity index (χ0n) is 17.6. The van der Waals surface area contributed by atoms with Gasteiger partial charge in [-0.15, -0.1) is 0 Å². The summed E-state index contributed by atoms with van der Waals surface area (Å²) in [5.41, 5.74) is 2.00. The molecule has 1 aromatic carbocycles. The molecule has 4 fully saturated rings. The summed E-state index contributed by atoms with van der Waals surface area (Å²) in [4.78, 5) is 28.1. The second kappa shape index (κ2) is 7.19. The van der Waals surface area contributed by atoms with Crippen LogP contribution in [0.5, 0.6) is 0 Å². The van der Waals surface area contributed by atoms with Crippen molar-refractivity contribution in [1.29, 1.82) is 0 Å². The van der Waals surface area contributed by atoms with Crippen LogP contribution in [0.2, 0.25) is 0 Å². The number of thiocarbonyl (C=S) groups is 1. The molecule has 1 heterocycles.